The van der Waals surface area contributed by atoms with Crippen LogP contribution >= 0.6 is 0 Å². The number of nitrogens with one attached hydrogen (secondary N) is 2. The molecule has 9 nitrogen and oxygen atoms in total. The number of carbonyl (C=O) groups is 1. The van der Waals surface area contributed by atoms with E-state index in [0.717, 1.165) is 11.3 Å². The molecule has 0 bridgehead atoms. The van der Waals surface area contributed by atoms with Crippen LogP contribution in [0.3, 0.4) is 0 Å². The number of non-ortho nitro benzene ring substituents is 1. The summed E-state index contributed by atoms with van der Waals surface area (Å²) in [7, 11) is 0. The van der Waals surface area contributed by atoms with E-state index in [2.05, 4.69) is 20.7 Å². The minimum Gasteiger partial charge on any atom is -0.494 e. The SMILES string of the molecule is CCOc1cccc(-c2cc(C(=O)N/N=C(\C)c3cccc([N+](=O)[O-])c3)[nH]n2)c1. The van der Waals surface area contributed by atoms with Crippen LogP contribution in [0.2, 0.25) is 0 Å². The number of nitrogens with zero attached hydrogens (tertiary/aromatic N) is 3. The molecule has 0 unspecified atom stereocenters. The second-order valence-corrected chi connectivity index (χ2v) is 6.07. The fourth-order valence-corrected chi connectivity index (χ4v) is 2.60. The summed E-state index contributed by atoms with van der Waals surface area (Å²) in [5, 5.41) is 21.7. The maximum atomic E-state index is 12.3. The Bertz CT molecular complexity index is 1070. The molecule has 0 spiro atoms. The van der Waals surface area contributed by atoms with Gasteiger partial charge in [0.15, 0.2) is 0 Å². The molecule has 0 aliphatic carbocycles. The van der Waals surface area contributed by atoms with Crippen molar-refractivity contribution in [3.8, 4) is 17.0 Å². The van der Waals surface area contributed by atoms with E-state index in [0.29, 0.717) is 23.6 Å². The van der Waals surface area contributed by atoms with Gasteiger partial charge in [-0.15, -0.1) is 0 Å². The number of rotatable bonds is 7. The third-order valence-electron chi connectivity index (χ3n) is 4.06. The number of amides is 1. The summed E-state index contributed by atoms with van der Waals surface area (Å²) >= 11 is 0. The molecule has 0 aliphatic heterocycles. The van der Waals surface area contributed by atoms with Crippen LogP contribution in [0, 0.1) is 10.1 Å². The predicted molar refractivity (Wildman–Crippen MR) is 108 cm³/mol. The van der Waals surface area contributed by atoms with Gasteiger partial charge < -0.3 is 4.74 Å². The Morgan fingerprint density at radius 3 is 2.79 bits per heavy atom. The Hall–Kier alpha value is -4.01. The second-order valence-electron chi connectivity index (χ2n) is 6.07. The van der Waals surface area contributed by atoms with Gasteiger partial charge >= 0.3 is 0 Å². The first-order valence-corrected chi connectivity index (χ1v) is 8.86. The van der Waals surface area contributed by atoms with E-state index in [1.54, 1.807) is 25.1 Å². The summed E-state index contributed by atoms with van der Waals surface area (Å²) in [5.74, 6) is 0.241. The van der Waals surface area contributed by atoms with Crippen molar-refractivity contribution in [3.63, 3.8) is 0 Å². The summed E-state index contributed by atoms with van der Waals surface area (Å²) in [5.41, 5.74) is 4.99. The molecule has 3 aromatic rings. The maximum absolute atomic E-state index is 12.3. The highest BCUT2D eigenvalue weighted by Gasteiger charge is 2.12. The Kier molecular flexibility index (Phi) is 5.98. The number of hydrogen-bond donors (Lipinski definition) is 2. The van der Waals surface area contributed by atoms with Crippen molar-refractivity contribution in [1.29, 1.82) is 0 Å². The number of H-pyrrole nitrogens is 1. The highest BCUT2D eigenvalue weighted by molar-refractivity contribution is 6.01. The molecular formula is C20H19N5O4. The average Bonchev–Trinajstić information content (AvgIpc) is 3.23. The van der Waals surface area contributed by atoms with Crippen LogP contribution < -0.4 is 10.2 Å². The van der Waals surface area contributed by atoms with E-state index in [-0.39, 0.29) is 11.4 Å². The molecule has 0 atom stereocenters. The van der Waals surface area contributed by atoms with E-state index >= 15 is 0 Å². The number of ether oxygens (including phenoxy) is 1. The van der Waals surface area contributed by atoms with Gasteiger partial charge in [0.1, 0.15) is 11.4 Å². The van der Waals surface area contributed by atoms with E-state index < -0.39 is 10.8 Å². The molecule has 0 radical (unpaired) electrons. The average molecular weight is 393 g/mol. The van der Waals surface area contributed by atoms with Gasteiger partial charge in [-0.05, 0) is 32.0 Å². The van der Waals surface area contributed by atoms with Crippen molar-refractivity contribution < 1.29 is 14.5 Å². The number of carbonyl (C=O) groups excluding carboxylic acids is 1. The zero-order valence-corrected chi connectivity index (χ0v) is 15.9. The minimum atomic E-state index is -0.484. The van der Waals surface area contributed by atoms with Crippen LogP contribution in [-0.4, -0.2) is 33.3 Å². The quantitative estimate of drug-likeness (QED) is 0.361. The Morgan fingerprint density at radius 2 is 2.03 bits per heavy atom. The smallest absolute Gasteiger partial charge is 0.289 e. The van der Waals surface area contributed by atoms with Gasteiger partial charge in [0.2, 0.25) is 0 Å². The van der Waals surface area contributed by atoms with Gasteiger partial charge in [0.25, 0.3) is 11.6 Å². The van der Waals surface area contributed by atoms with Crippen LogP contribution in [0.5, 0.6) is 5.75 Å². The lowest BCUT2D eigenvalue weighted by atomic mass is 10.1. The van der Waals surface area contributed by atoms with Crippen LogP contribution in [-0.2, 0) is 0 Å². The second kappa shape index (κ2) is 8.79. The molecule has 2 aromatic carbocycles. The first kappa shape index (κ1) is 19.7. The van der Waals surface area contributed by atoms with Gasteiger partial charge in [-0.3, -0.25) is 20.0 Å². The van der Waals surface area contributed by atoms with Crippen molar-refractivity contribution in [2.75, 3.05) is 6.61 Å². The lowest BCUT2D eigenvalue weighted by Crippen LogP contribution is -2.19. The van der Waals surface area contributed by atoms with Crippen molar-refractivity contribution >= 4 is 17.3 Å². The molecule has 148 valence electrons. The van der Waals surface area contributed by atoms with Crippen LogP contribution in [0.4, 0.5) is 5.69 Å². The Balaban J connectivity index is 1.72. The molecule has 1 aromatic heterocycles. The van der Waals surface area contributed by atoms with E-state index in [9.17, 15) is 14.9 Å². The zero-order valence-electron chi connectivity index (χ0n) is 15.9. The third-order valence-corrected chi connectivity index (χ3v) is 4.06. The predicted octanol–water partition coefficient (Wildman–Crippen LogP) is 3.54. The number of hydrogen-bond acceptors (Lipinski definition) is 6. The van der Waals surface area contributed by atoms with E-state index in [1.165, 1.54) is 12.1 Å². The van der Waals surface area contributed by atoms with E-state index in [4.69, 9.17) is 4.74 Å². The number of aromatic nitrogens is 2. The van der Waals surface area contributed by atoms with Gasteiger partial charge in [-0.25, -0.2) is 5.43 Å². The van der Waals surface area contributed by atoms with E-state index in [1.807, 2.05) is 31.2 Å². The molecule has 3 rings (SSSR count). The van der Waals surface area contributed by atoms with Crippen LogP contribution in [0.1, 0.15) is 29.9 Å². The van der Waals surface area contributed by atoms with Crippen molar-refractivity contribution in [3.05, 3.63) is 76.0 Å². The lowest BCUT2D eigenvalue weighted by molar-refractivity contribution is -0.384. The monoisotopic (exact) mass is 393 g/mol. The molecule has 9 heteroatoms. The largest absolute Gasteiger partial charge is 0.494 e. The summed E-state index contributed by atoms with van der Waals surface area (Å²) < 4.78 is 5.48. The lowest BCUT2D eigenvalue weighted by Gasteiger charge is -2.03. The number of hydrazone groups is 1. The molecule has 29 heavy (non-hydrogen) atoms. The molecular weight excluding hydrogens is 374 g/mol. The van der Waals surface area contributed by atoms with Gasteiger partial charge in [-0.2, -0.15) is 10.2 Å². The summed E-state index contributed by atoms with van der Waals surface area (Å²) in [6.07, 6.45) is 0. The number of nitro benzene ring substituents is 1. The molecule has 2 N–H and O–H groups in total. The first-order valence-electron chi connectivity index (χ1n) is 8.86. The number of aromatic amines is 1. The number of nitro groups is 1. The standard InChI is InChI=1S/C20H19N5O4/c1-3-29-17-9-5-7-15(11-17)18-12-19(23-22-18)20(26)24-21-13(2)14-6-4-8-16(10-14)25(27)28/h4-12H,3H2,1-2H3,(H,22,23)(H,24,26)/b21-13+. The normalized spacial score (nSPS) is 11.2. The molecule has 1 amide bonds. The highest BCUT2D eigenvalue weighted by Crippen LogP contribution is 2.23. The number of benzene rings is 2. The summed E-state index contributed by atoms with van der Waals surface area (Å²) in [4.78, 5) is 22.7. The van der Waals surface area contributed by atoms with Gasteiger partial charge in [-0.1, -0.05) is 24.3 Å². The summed E-state index contributed by atoms with van der Waals surface area (Å²) in [6.45, 7) is 4.11. The topological polar surface area (TPSA) is 123 Å². The van der Waals surface area contributed by atoms with Crippen molar-refractivity contribution in [2.45, 2.75) is 13.8 Å². The third kappa shape index (κ3) is 4.83. The minimum absolute atomic E-state index is 0.0455. The van der Waals surface area contributed by atoms with Crippen molar-refractivity contribution in [1.82, 2.24) is 15.6 Å². The molecule has 0 aliphatic rings. The van der Waals surface area contributed by atoms with Crippen LogP contribution in [0.25, 0.3) is 11.3 Å². The van der Waals surface area contributed by atoms with Crippen molar-refractivity contribution in [2.24, 2.45) is 5.10 Å². The highest BCUT2D eigenvalue weighted by atomic mass is 16.6. The first-order chi connectivity index (χ1) is 14.0. The Morgan fingerprint density at radius 1 is 1.24 bits per heavy atom. The fourth-order valence-electron chi connectivity index (χ4n) is 2.60. The van der Waals surface area contributed by atoms with Gasteiger partial charge in [0.05, 0.1) is 22.9 Å². The molecule has 0 saturated carbocycles. The molecule has 1 heterocycles. The zero-order chi connectivity index (χ0) is 20.8. The van der Waals surface area contributed by atoms with Crippen LogP contribution in [0.15, 0.2) is 59.7 Å². The maximum Gasteiger partial charge on any atom is 0.289 e. The summed E-state index contributed by atoms with van der Waals surface area (Å²) in [6, 6.07) is 15.0. The molecule has 0 fully saturated rings. The molecule has 0 saturated heterocycles. The fraction of sp³-hybridized carbons (Fsp3) is 0.150. The van der Waals surface area contributed by atoms with Gasteiger partial charge in [0, 0.05) is 23.3 Å². The Labute approximate surface area is 166 Å².